The molecule has 0 saturated carbocycles. The van der Waals surface area contributed by atoms with E-state index in [1.807, 2.05) is 30.3 Å². The number of esters is 3. The lowest BCUT2D eigenvalue weighted by atomic mass is 10.1. The van der Waals surface area contributed by atoms with Gasteiger partial charge in [-0.05, 0) is 30.7 Å². The Morgan fingerprint density at radius 1 is 0.900 bits per heavy atom. The molecule has 8 heteroatoms. The molecule has 0 unspecified atom stereocenters. The molecule has 2 aromatic carbocycles. The van der Waals surface area contributed by atoms with Crippen LogP contribution in [0.15, 0.2) is 48.5 Å². The van der Waals surface area contributed by atoms with Crippen LogP contribution in [0.5, 0.6) is 5.75 Å². The van der Waals surface area contributed by atoms with Gasteiger partial charge in [-0.25, -0.2) is 19.4 Å². The zero-order chi connectivity index (χ0) is 21.7. The van der Waals surface area contributed by atoms with Crippen molar-refractivity contribution >= 4 is 29.2 Å². The summed E-state index contributed by atoms with van der Waals surface area (Å²) in [6, 6.07) is 13.8. The van der Waals surface area contributed by atoms with Crippen molar-refractivity contribution in [3.63, 3.8) is 0 Å². The van der Waals surface area contributed by atoms with E-state index < -0.39 is 17.9 Å². The van der Waals surface area contributed by atoms with Gasteiger partial charge in [0, 0.05) is 6.42 Å². The Morgan fingerprint density at radius 2 is 1.50 bits per heavy atom. The van der Waals surface area contributed by atoms with Crippen LogP contribution in [0.1, 0.15) is 46.7 Å². The van der Waals surface area contributed by atoms with Gasteiger partial charge in [0.2, 0.25) is 0 Å². The van der Waals surface area contributed by atoms with Crippen LogP contribution in [0.25, 0.3) is 0 Å². The van der Waals surface area contributed by atoms with Gasteiger partial charge in [-0.2, -0.15) is 0 Å². The number of carbonyl (C=O) groups is 3. The van der Waals surface area contributed by atoms with Gasteiger partial charge in [0.25, 0.3) is 0 Å². The summed E-state index contributed by atoms with van der Waals surface area (Å²) in [6.07, 6.45) is 0.601. The minimum Gasteiger partial charge on any atom is -0.465 e. The Labute approximate surface area is 177 Å². The number of aryl methyl sites for hydroxylation is 1. The molecule has 30 heavy (non-hydrogen) atoms. The van der Waals surface area contributed by atoms with E-state index in [4.69, 9.17) is 4.74 Å². The third-order valence-electron chi connectivity index (χ3n) is 4.18. The lowest BCUT2D eigenvalue weighted by molar-refractivity contribution is 0.0593. The Balaban J connectivity index is 1.85. The van der Waals surface area contributed by atoms with Crippen molar-refractivity contribution in [2.45, 2.75) is 13.3 Å². The molecule has 0 N–H and O–H groups in total. The molecular formula is C22H19NO6S. The minimum absolute atomic E-state index is 0.0284. The third kappa shape index (κ3) is 4.90. The van der Waals surface area contributed by atoms with Gasteiger partial charge in [-0.3, -0.25) is 0 Å². The van der Waals surface area contributed by atoms with Crippen LogP contribution in [-0.2, 0) is 15.9 Å². The number of carbonyl (C=O) groups excluding carboxylic acids is 3. The maximum atomic E-state index is 12.7. The number of rotatable bonds is 6. The lowest BCUT2D eigenvalue weighted by Crippen LogP contribution is -2.11. The van der Waals surface area contributed by atoms with E-state index in [0.717, 1.165) is 10.6 Å². The van der Waals surface area contributed by atoms with Crippen molar-refractivity contribution in [3.8, 4) is 5.75 Å². The summed E-state index contributed by atoms with van der Waals surface area (Å²) in [5.41, 5.74) is 1.76. The van der Waals surface area contributed by atoms with E-state index >= 15 is 0 Å². The Bertz CT molecular complexity index is 1060. The molecule has 154 valence electrons. The van der Waals surface area contributed by atoms with Gasteiger partial charge < -0.3 is 14.2 Å². The number of methoxy groups -OCH3 is 2. The highest BCUT2D eigenvalue weighted by Gasteiger charge is 2.20. The summed E-state index contributed by atoms with van der Waals surface area (Å²) in [6.45, 7) is 1.73. The Morgan fingerprint density at radius 3 is 2.07 bits per heavy atom. The Kier molecular flexibility index (Phi) is 6.58. The predicted molar refractivity (Wildman–Crippen MR) is 110 cm³/mol. The summed E-state index contributed by atoms with van der Waals surface area (Å²) in [7, 11) is 2.43. The second-order valence-corrected chi connectivity index (χ2v) is 7.39. The first-order valence-corrected chi connectivity index (χ1v) is 9.77. The van der Waals surface area contributed by atoms with E-state index in [-0.39, 0.29) is 16.9 Å². The summed E-state index contributed by atoms with van der Waals surface area (Å²) in [5, 5.41) is 0.782. The SMILES string of the molecule is COC(=O)c1cc(OC(=O)c2sc(Cc3ccccc3)nc2C)cc(C(=O)OC)c1. The Hall–Kier alpha value is -3.52. The molecule has 0 radical (unpaired) electrons. The summed E-state index contributed by atoms with van der Waals surface area (Å²) >= 11 is 1.24. The summed E-state index contributed by atoms with van der Waals surface area (Å²) < 4.78 is 14.8. The van der Waals surface area contributed by atoms with Crippen molar-refractivity contribution in [2.24, 2.45) is 0 Å². The molecule has 0 spiro atoms. The van der Waals surface area contributed by atoms with Crippen molar-refractivity contribution in [1.29, 1.82) is 0 Å². The smallest absolute Gasteiger partial charge is 0.355 e. The highest BCUT2D eigenvalue weighted by molar-refractivity contribution is 7.13. The van der Waals surface area contributed by atoms with Gasteiger partial charge in [0.15, 0.2) is 0 Å². The van der Waals surface area contributed by atoms with E-state index in [0.29, 0.717) is 17.0 Å². The number of benzene rings is 2. The lowest BCUT2D eigenvalue weighted by Gasteiger charge is -2.08. The molecule has 3 rings (SSSR count). The third-order valence-corrected chi connectivity index (χ3v) is 5.32. The molecule has 0 aliphatic carbocycles. The van der Waals surface area contributed by atoms with Crippen LogP contribution >= 0.6 is 11.3 Å². The molecule has 1 heterocycles. The second kappa shape index (κ2) is 9.32. The zero-order valence-corrected chi connectivity index (χ0v) is 17.4. The van der Waals surface area contributed by atoms with Crippen molar-refractivity contribution in [3.05, 3.63) is 80.8 Å². The number of hydrogen-bond donors (Lipinski definition) is 0. The fourth-order valence-corrected chi connectivity index (χ4v) is 3.75. The van der Waals surface area contributed by atoms with Crippen molar-refractivity contribution in [1.82, 2.24) is 4.98 Å². The molecule has 0 fully saturated rings. The molecule has 1 aromatic heterocycles. The predicted octanol–water partition coefficient (Wildman–Crippen LogP) is 3.83. The standard InChI is InChI=1S/C22H19NO6S/c1-13-19(30-18(23-13)9-14-7-5-4-6-8-14)22(26)29-17-11-15(20(24)27-2)10-16(12-17)21(25)28-3/h4-8,10-12H,9H2,1-3H3. The number of thiazole rings is 1. The quantitative estimate of drug-likeness (QED) is 0.438. The monoisotopic (exact) mass is 425 g/mol. The van der Waals surface area contributed by atoms with Crippen molar-refractivity contribution < 1.29 is 28.6 Å². The van der Waals surface area contributed by atoms with E-state index in [1.54, 1.807) is 6.92 Å². The summed E-state index contributed by atoms with van der Waals surface area (Å²) in [4.78, 5) is 41.3. The topological polar surface area (TPSA) is 91.8 Å². The van der Waals surface area contributed by atoms with Crippen LogP contribution in [0.3, 0.4) is 0 Å². The maximum Gasteiger partial charge on any atom is 0.355 e. The molecule has 0 aliphatic heterocycles. The molecule has 0 aliphatic rings. The maximum absolute atomic E-state index is 12.7. The minimum atomic E-state index is -0.669. The van der Waals surface area contributed by atoms with E-state index in [1.165, 1.54) is 43.8 Å². The second-order valence-electron chi connectivity index (χ2n) is 6.30. The molecule has 0 saturated heterocycles. The first-order chi connectivity index (χ1) is 14.4. The largest absolute Gasteiger partial charge is 0.465 e. The van der Waals surface area contributed by atoms with Crippen LogP contribution < -0.4 is 4.74 Å². The van der Waals surface area contributed by atoms with Gasteiger partial charge >= 0.3 is 17.9 Å². The molecule has 7 nitrogen and oxygen atoms in total. The molecule has 0 bridgehead atoms. The van der Waals surface area contributed by atoms with E-state index in [9.17, 15) is 14.4 Å². The number of hydrogen-bond acceptors (Lipinski definition) is 8. The molecular weight excluding hydrogens is 406 g/mol. The fraction of sp³-hybridized carbons (Fsp3) is 0.182. The van der Waals surface area contributed by atoms with Gasteiger partial charge in [0.05, 0.1) is 36.0 Å². The highest BCUT2D eigenvalue weighted by Crippen LogP contribution is 2.25. The number of aromatic nitrogens is 1. The number of ether oxygens (including phenoxy) is 3. The first-order valence-electron chi connectivity index (χ1n) is 8.95. The average molecular weight is 425 g/mol. The first kappa shape index (κ1) is 21.2. The summed E-state index contributed by atoms with van der Waals surface area (Å²) in [5.74, 6) is -1.93. The molecule has 0 amide bonds. The molecule has 3 aromatic rings. The van der Waals surface area contributed by atoms with Gasteiger partial charge in [-0.15, -0.1) is 11.3 Å². The highest BCUT2D eigenvalue weighted by atomic mass is 32.1. The normalized spacial score (nSPS) is 10.4. The van der Waals surface area contributed by atoms with E-state index in [2.05, 4.69) is 14.5 Å². The van der Waals surface area contributed by atoms with Gasteiger partial charge in [0.1, 0.15) is 10.6 Å². The number of nitrogens with zero attached hydrogens (tertiary/aromatic N) is 1. The zero-order valence-electron chi connectivity index (χ0n) is 16.6. The van der Waals surface area contributed by atoms with Gasteiger partial charge in [-0.1, -0.05) is 30.3 Å². The van der Waals surface area contributed by atoms with Crippen LogP contribution in [0, 0.1) is 6.92 Å². The van der Waals surface area contributed by atoms with Crippen LogP contribution in [0.2, 0.25) is 0 Å². The average Bonchev–Trinajstić information content (AvgIpc) is 3.13. The van der Waals surface area contributed by atoms with Crippen molar-refractivity contribution in [2.75, 3.05) is 14.2 Å². The molecule has 0 atom stereocenters. The van der Waals surface area contributed by atoms with Crippen LogP contribution in [-0.4, -0.2) is 37.1 Å². The fourth-order valence-electron chi connectivity index (χ4n) is 2.77. The van der Waals surface area contributed by atoms with Crippen LogP contribution in [0.4, 0.5) is 0 Å².